The Bertz CT molecular complexity index is 585. The number of hydrogen-bond acceptors (Lipinski definition) is 4. The van der Waals surface area contributed by atoms with Gasteiger partial charge in [-0.15, -0.1) is 0 Å². The number of hydrogen-bond donors (Lipinski definition) is 2. The second-order valence-corrected chi connectivity index (χ2v) is 5.00. The Morgan fingerprint density at radius 2 is 1.95 bits per heavy atom. The molecule has 100 valence electrons. The van der Waals surface area contributed by atoms with E-state index < -0.39 is 5.41 Å². The van der Waals surface area contributed by atoms with Crippen molar-refractivity contribution in [2.45, 2.75) is 26.2 Å². The van der Waals surface area contributed by atoms with Gasteiger partial charge in [-0.25, -0.2) is 0 Å². The molecule has 5 nitrogen and oxygen atoms in total. The van der Waals surface area contributed by atoms with Crippen molar-refractivity contribution in [2.75, 3.05) is 11.1 Å². The molecule has 3 N–H and O–H groups in total. The number of aryl methyl sites for hydroxylation is 1. The van der Waals surface area contributed by atoms with Crippen LogP contribution in [0.5, 0.6) is 0 Å². The summed E-state index contributed by atoms with van der Waals surface area (Å²) >= 11 is 0. The highest BCUT2D eigenvalue weighted by molar-refractivity contribution is 5.97. The number of oxazole rings is 1. The fourth-order valence-corrected chi connectivity index (χ4v) is 1.70. The third-order valence-electron chi connectivity index (χ3n) is 3.04. The van der Waals surface area contributed by atoms with Gasteiger partial charge in [-0.3, -0.25) is 10.1 Å². The molecule has 0 fully saturated rings. The number of carbonyl (C=O) groups excluding carboxylic acids is 1. The summed E-state index contributed by atoms with van der Waals surface area (Å²) in [5, 5.41) is 2.67. The molecule has 0 saturated carbocycles. The van der Waals surface area contributed by atoms with E-state index in [0.717, 1.165) is 11.3 Å². The lowest BCUT2D eigenvalue weighted by molar-refractivity contribution is -0.120. The van der Waals surface area contributed by atoms with Gasteiger partial charge in [-0.2, -0.15) is 4.98 Å². The zero-order valence-electron chi connectivity index (χ0n) is 11.2. The number of nitrogens with zero attached hydrogens (tertiary/aromatic N) is 1. The fourth-order valence-electron chi connectivity index (χ4n) is 1.70. The second-order valence-electron chi connectivity index (χ2n) is 5.00. The van der Waals surface area contributed by atoms with Crippen LogP contribution < -0.4 is 11.1 Å². The van der Waals surface area contributed by atoms with Crippen molar-refractivity contribution < 1.29 is 9.21 Å². The monoisotopic (exact) mass is 259 g/mol. The molecule has 5 heteroatoms. The molecule has 1 aromatic heterocycles. The molecular weight excluding hydrogens is 242 g/mol. The van der Waals surface area contributed by atoms with E-state index in [4.69, 9.17) is 10.2 Å². The quantitative estimate of drug-likeness (QED) is 0.830. The molecule has 2 aromatic rings. The van der Waals surface area contributed by atoms with Gasteiger partial charge in [0.1, 0.15) is 6.26 Å². The highest BCUT2D eigenvalue weighted by atomic mass is 16.4. The zero-order chi connectivity index (χ0) is 14.0. The van der Waals surface area contributed by atoms with Crippen LogP contribution in [-0.4, -0.2) is 10.9 Å². The molecule has 0 atom stereocenters. The van der Waals surface area contributed by atoms with Gasteiger partial charge in [0.15, 0.2) is 0 Å². The molecule has 2 rings (SSSR count). The SMILES string of the molecule is Cc1coc(NC(=O)C(C)(C)c2ccc(N)cc2)n1. The molecule has 1 heterocycles. The van der Waals surface area contributed by atoms with Crippen LogP contribution in [0.4, 0.5) is 11.7 Å². The molecule has 1 amide bonds. The summed E-state index contributed by atoms with van der Waals surface area (Å²) in [4.78, 5) is 16.3. The zero-order valence-corrected chi connectivity index (χ0v) is 11.2. The fraction of sp³-hybridized carbons (Fsp3) is 0.286. The normalized spacial score (nSPS) is 11.3. The number of rotatable bonds is 3. The van der Waals surface area contributed by atoms with Gasteiger partial charge in [0, 0.05) is 5.69 Å². The van der Waals surface area contributed by atoms with Crippen molar-refractivity contribution in [1.29, 1.82) is 0 Å². The Labute approximate surface area is 111 Å². The van der Waals surface area contributed by atoms with Crippen LogP contribution in [0.1, 0.15) is 25.1 Å². The molecule has 1 aromatic carbocycles. The maximum atomic E-state index is 12.3. The Balaban J connectivity index is 2.19. The van der Waals surface area contributed by atoms with Gasteiger partial charge in [0.25, 0.3) is 0 Å². The average molecular weight is 259 g/mol. The second kappa shape index (κ2) is 4.76. The standard InChI is InChI=1S/C14H17N3O2/c1-9-8-19-13(16-9)17-12(18)14(2,3)10-4-6-11(15)7-5-10/h4-8H,15H2,1-3H3,(H,16,17,18). The maximum absolute atomic E-state index is 12.3. The first kappa shape index (κ1) is 13.1. The summed E-state index contributed by atoms with van der Waals surface area (Å²) in [5.74, 6) is -0.181. The molecule has 0 unspecified atom stereocenters. The molecule has 0 radical (unpaired) electrons. The Morgan fingerprint density at radius 3 is 2.47 bits per heavy atom. The molecule has 0 spiro atoms. The number of benzene rings is 1. The number of amides is 1. The summed E-state index contributed by atoms with van der Waals surface area (Å²) in [7, 11) is 0. The van der Waals surface area contributed by atoms with Crippen LogP contribution >= 0.6 is 0 Å². The third kappa shape index (κ3) is 2.76. The van der Waals surface area contributed by atoms with Gasteiger partial charge in [0.2, 0.25) is 5.91 Å². The van der Waals surface area contributed by atoms with Gasteiger partial charge in [-0.1, -0.05) is 12.1 Å². The molecule has 0 aliphatic rings. The first-order valence-electron chi connectivity index (χ1n) is 5.99. The first-order valence-corrected chi connectivity index (χ1v) is 5.99. The number of carbonyl (C=O) groups is 1. The molecule has 0 aliphatic carbocycles. The number of nitrogens with one attached hydrogen (secondary N) is 1. The van der Waals surface area contributed by atoms with Crippen molar-refractivity contribution in [3.63, 3.8) is 0 Å². The van der Waals surface area contributed by atoms with E-state index in [1.807, 2.05) is 26.0 Å². The number of nitrogen functional groups attached to an aromatic ring is 1. The summed E-state index contributed by atoms with van der Waals surface area (Å²) in [6, 6.07) is 7.45. The van der Waals surface area contributed by atoms with E-state index in [1.54, 1.807) is 19.1 Å². The van der Waals surface area contributed by atoms with Crippen LogP contribution in [0.15, 0.2) is 34.9 Å². The Kier molecular flexibility index (Phi) is 3.29. The molecule has 19 heavy (non-hydrogen) atoms. The summed E-state index contributed by atoms with van der Waals surface area (Å²) in [6.45, 7) is 5.47. The average Bonchev–Trinajstić information content (AvgIpc) is 2.75. The lowest BCUT2D eigenvalue weighted by Crippen LogP contribution is -2.34. The van der Waals surface area contributed by atoms with Crippen LogP contribution in [0.3, 0.4) is 0 Å². The lowest BCUT2D eigenvalue weighted by Gasteiger charge is -2.23. The molecule has 0 saturated heterocycles. The summed E-state index contributed by atoms with van der Waals surface area (Å²) in [5.41, 5.74) is 7.22. The Hall–Kier alpha value is -2.30. The van der Waals surface area contributed by atoms with Gasteiger partial charge in [-0.05, 0) is 38.5 Å². The molecular formula is C14H17N3O2. The van der Waals surface area contributed by atoms with Crippen molar-refractivity contribution >= 4 is 17.6 Å². The van der Waals surface area contributed by atoms with E-state index in [1.165, 1.54) is 6.26 Å². The van der Waals surface area contributed by atoms with Gasteiger partial charge >= 0.3 is 6.01 Å². The minimum Gasteiger partial charge on any atom is -0.432 e. The van der Waals surface area contributed by atoms with Crippen LogP contribution in [0, 0.1) is 6.92 Å². The molecule has 0 bridgehead atoms. The van der Waals surface area contributed by atoms with Crippen LogP contribution in [0.25, 0.3) is 0 Å². The van der Waals surface area contributed by atoms with E-state index in [2.05, 4.69) is 10.3 Å². The summed E-state index contributed by atoms with van der Waals surface area (Å²) < 4.78 is 5.12. The predicted molar refractivity (Wildman–Crippen MR) is 73.8 cm³/mol. The smallest absolute Gasteiger partial charge is 0.301 e. The van der Waals surface area contributed by atoms with E-state index in [9.17, 15) is 4.79 Å². The van der Waals surface area contributed by atoms with Crippen LogP contribution in [0.2, 0.25) is 0 Å². The highest BCUT2D eigenvalue weighted by Gasteiger charge is 2.30. The lowest BCUT2D eigenvalue weighted by atomic mass is 9.83. The molecule has 0 aliphatic heterocycles. The van der Waals surface area contributed by atoms with Crippen molar-refractivity contribution in [1.82, 2.24) is 4.98 Å². The van der Waals surface area contributed by atoms with Gasteiger partial charge < -0.3 is 10.2 Å². The minimum atomic E-state index is -0.698. The number of aromatic nitrogens is 1. The van der Waals surface area contributed by atoms with E-state index in [0.29, 0.717) is 5.69 Å². The number of anilines is 2. The van der Waals surface area contributed by atoms with Crippen molar-refractivity contribution in [2.24, 2.45) is 0 Å². The van der Waals surface area contributed by atoms with E-state index in [-0.39, 0.29) is 11.9 Å². The number of nitrogens with two attached hydrogens (primary N) is 1. The predicted octanol–water partition coefficient (Wildman–Crippen LogP) is 2.48. The minimum absolute atomic E-state index is 0.181. The van der Waals surface area contributed by atoms with Crippen LogP contribution in [-0.2, 0) is 10.2 Å². The van der Waals surface area contributed by atoms with E-state index >= 15 is 0 Å². The highest BCUT2D eigenvalue weighted by Crippen LogP contribution is 2.25. The van der Waals surface area contributed by atoms with Crippen molar-refractivity contribution in [3.8, 4) is 0 Å². The topological polar surface area (TPSA) is 81.2 Å². The Morgan fingerprint density at radius 1 is 1.32 bits per heavy atom. The van der Waals surface area contributed by atoms with Gasteiger partial charge in [0.05, 0.1) is 11.1 Å². The van der Waals surface area contributed by atoms with Crippen molar-refractivity contribution in [3.05, 3.63) is 41.8 Å². The summed E-state index contributed by atoms with van der Waals surface area (Å²) in [6.07, 6.45) is 1.49. The first-order chi connectivity index (χ1) is 8.89. The maximum Gasteiger partial charge on any atom is 0.301 e. The largest absolute Gasteiger partial charge is 0.432 e. The third-order valence-corrected chi connectivity index (χ3v) is 3.04.